The monoisotopic (exact) mass is 381 g/mol. The Hall–Kier alpha value is -1.28. The Morgan fingerprint density at radius 2 is 2.33 bits per heavy atom. The van der Waals surface area contributed by atoms with Crippen molar-refractivity contribution in [2.45, 2.75) is 36.4 Å². The molecule has 1 N–H and O–H groups in total. The summed E-state index contributed by atoms with van der Waals surface area (Å²) in [6, 6.07) is 8.11. The fourth-order valence-corrected chi connectivity index (χ4v) is 5.47. The predicted molar refractivity (Wildman–Crippen MR) is 98.2 cm³/mol. The van der Waals surface area contributed by atoms with Crippen LogP contribution >= 0.6 is 34.7 Å². The molecule has 1 atom stereocenters. The fraction of sp³-hybridized carbons (Fsp3) is 0.375. The Labute approximate surface area is 152 Å². The summed E-state index contributed by atoms with van der Waals surface area (Å²) < 4.78 is 8.47. The number of fused-ring (bicyclic) bond motifs is 1. The minimum Gasteiger partial charge on any atom is -0.376 e. The van der Waals surface area contributed by atoms with Gasteiger partial charge in [-0.3, -0.25) is 4.57 Å². The van der Waals surface area contributed by atoms with Crippen molar-refractivity contribution in [2.75, 3.05) is 6.61 Å². The number of rotatable bonds is 5. The molecule has 2 aromatic heterocycles. The lowest BCUT2D eigenvalue weighted by Crippen LogP contribution is -2.24. The van der Waals surface area contributed by atoms with Crippen molar-refractivity contribution >= 4 is 44.8 Å². The molecule has 0 aliphatic carbocycles. The first-order valence-electron chi connectivity index (χ1n) is 7.78. The van der Waals surface area contributed by atoms with Gasteiger partial charge in [0.05, 0.1) is 17.7 Å². The lowest BCUT2D eigenvalue weighted by Gasteiger charge is -2.10. The van der Waals surface area contributed by atoms with Crippen LogP contribution in [-0.4, -0.2) is 27.5 Å². The third-order valence-electron chi connectivity index (χ3n) is 4.07. The second-order valence-corrected chi connectivity index (χ2v) is 8.14. The van der Waals surface area contributed by atoms with Crippen molar-refractivity contribution in [1.82, 2.24) is 14.8 Å². The number of halogens is 1. The minimum absolute atomic E-state index is 0.104. The summed E-state index contributed by atoms with van der Waals surface area (Å²) in [5.74, 6) is 0.688. The van der Waals surface area contributed by atoms with E-state index in [-0.39, 0.29) is 11.8 Å². The number of ether oxygens (including phenoxy) is 1. The van der Waals surface area contributed by atoms with Gasteiger partial charge in [0, 0.05) is 27.3 Å². The van der Waals surface area contributed by atoms with Crippen LogP contribution in [0.4, 0.5) is 0 Å². The van der Waals surface area contributed by atoms with Crippen LogP contribution in [0.1, 0.15) is 17.7 Å². The maximum Gasteiger partial charge on any atom is 0.344 e. The first-order chi connectivity index (χ1) is 11.7. The van der Waals surface area contributed by atoms with Crippen LogP contribution in [0.15, 0.2) is 34.2 Å². The predicted octanol–water partition coefficient (Wildman–Crippen LogP) is 3.91. The summed E-state index contributed by atoms with van der Waals surface area (Å²) in [4.78, 5) is 13.1. The molecule has 5 nitrogen and oxygen atoms in total. The van der Waals surface area contributed by atoms with E-state index >= 15 is 0 Å². The third kappa shape index (κ3) is 3.13. The van der Waals surface area contributed by atoms with E-state index in [2.05, 4.69) is 16.3 Å². The molecule has 4 rings (SSSR count). The number of benzene rings is 1. The molecule has 1 aliphatic rings. The Morgan fingerprint density at radius 3 is 3.12 bits per heavy atom. The molecular weight excluding hydrogens is 366 g/mol. The van der Waals surface area contributed by atoms with Gasteiger partial charge >= 0.3 is 5.69 Å². The van der Waals surface area contributed by atoms with Crippen molar-refractivity contribution in [3.05, 3.63) is 44.6 Å². The van der Waals surface area contributed by atoms with Crippen molar-refractivity contribution in [1.29, 1.82) is 0 Å². The molecule has 0 spiro atoms. The molecule has 1 aromatic carbocycles. The van der Waals surface area contributed by atoms with Gasteiger partial charge in [-0.2, -0.15) is 0 Å². The number of thioether (sulfide) groups is 1. The van der Waals surface area contributed by atoms with Gasteiger partial charge in [0.2, 0.25) is 0 Å². The first-order valence-corrected chi connectivity index (χ1v) is 9.96. The second kappa shape index (κ2) is 6.92. The molecule has 3 aromatic rings. The maximum atomic E-state index is 12.0. The van der Waals surface area contributed by atoms with Gasteiger partial charge in [-0.25, -0.2) is 9.89 Å². The maximum absolute atomic E-state index is 12.0. The molecule has 1 saturated heterocycles. The van der Waals surface area contributed by atoms with E-state index in [1.807, 2.05) is 18.2 Å². The Balaban J connectivity index is 1.53. The minimum atomic E-state index is -0.185. The largest absolute Gasteiger partial charge is 0.376 e. The number of hydrogen-bond acceptors (Lipinski definition) is 5. The highest BCUT2D eigenvalue weighted by atomic mass is 35.5. The second-order valence-electron chi connectivity index (χ2n) is 5.68. The van der Waals surface area contributed by atoms with Gasteiger partial charge < -0.3 is 4.74 Å². The summed E-state index contributed by atoms with van der Waals surface area (Å²) in [7, 11) is 0. The normalized spacial score (nSPS) is 17.8. The number of aromatic nitrogens is 3. The molecule has 0 unspecified atom stereocenters. The molecule has 1 fully saturated rings. The molecule has 0 saturated carbocycles. The fourth-order valence-electron chi connectivity index (χ4n) is 2.85. The number of H-pyrrole nitrogens is 1. The summed E-state index contributed by atoms with van der Waals surface area (Å²) in [6.07, 6.45) is 2.15. The van der Waals surface area contributed by atoms with Crippen LogP contribution < -0.4 is 5.69 Å². The van der Waals surface area contributed by atoms with Gasteiger partial charge in [-0.05, 0) is 18.9 Å². The number of nitrogens with zero attached hydrogens (tertiary/aromatic N) is 2. The lowest BCUT2D eigenvalue weighted by molar-refractivity contribution is 0.0941. The zero-order valence-electron chi connectivity index (χ0n) is 12.8. The zero-order valence-corrected chi connectivity index (χ0v) is 15.2. The molecule has 1 aliphatic heterocycles. The topological polar surface area (TPSA) is 59.9 Å². The highest BCUT2D eigenvalue weighted by molar-refractivity contribution is 7.98. The van der Waals surface area contributed by atoms with E-state index in [0.717, 1.165) is 34.7 Å². The Kier molecular flexibility index (Phi) is 4.67. The average Bonchev–Trinajstić information content (AvgIpc) is 3.29. The van der Waals surface area contributed by atoms with Gasteiger partial charge in [0.15, 0.2) is 5.16 Å². The first kappa shape index (κ1) is 16.2. The summed E-state index contributed by atoms with van der Waals surface area (Å²) in [5.41, 5.74) is -0.185. The van der Waals surface area contributed by atoms with E-state index in [4.69, 9.17) is 16.3 Å². The van der Waals surface area contributed by atoms with Gasteiger partial charge in [-0.15, -0.1) is 16.4 Å². The number of hydrogen-bond donors (Lipinski definition) is 1. The molecule has 24 heavy (non-hydrogen) atoms. The van der Waals surface area contributed by atoms with Crippen LogP contribution in [0.5, 0.6) is 0 Å². The molecule has 0 radical (unpaired) electrons. The SMILES string of the molecule is O=c1[nH]nc(SCc2sc3ccccc3c2Cl)n1C[C@H]1CCCO1. The van der Waals surface area contributed by atoms with Crippen LogP contribution in [0.3, 0.4) is 0 Å². The molecule has 126 valence electrons. The van der Waals surface area contributed by atoms with Crippen LogP contribution in [0.2, 0.25) is 5.02 Å². The van der Waals surface area contributed by atoms with E-state index in [1.54, 1.807) is 15.9 Å². The van der Waals surface area contributed by atoms with Gasteiger partial charge in [-0.1, -0.05) is 41.6 Å². The van der Waals surface area contributed by atoms with Crippen LogP contribution in [0, 0.1) is 0 Å². The lowest BCUT2D eigenvalue weighted by atomic mass is 10.2. The van der Waals surface area contributed by atoms with Crippen molar-refractivity contribution in [3.8, 4) is 0 Å². The van der Waals surface area contributed by atoms with Crippen molar-refractivity contribution in [2.24, 2.45) is 0 Å². The zero-order chi connectivity index (χ0) is 16.5. The number of aromatic amines is 1. The molecular formula is C16H16ClN3O2S2. The smallest absolute Gasteiger partial charge is 0.344 e. The highest BCUT2D eigenvalue weighted by Crippen LogP contribution is 2.38. The number of nitrogens with one attached hydrogen (secondary N) is 1. The van der Waals surface area contributed by atoms with E-state index in [0.29, 0.717) is 17.5 Å². The van der Waals surface area contributed by atoms with Crippen LogP contribution in [-0.2, 0) is 17.0 Å². The number of thiophene rings is 1. The average molecular weight is 382 g/mol. The van der Waals surface area contributed by atoms with Crippen LogP contribution in [0.25, 0.3) is 10.1 Å². The third-order valence-corrected chi connectivity index (χ3v) is 6.97. The van der Waals surface area contributed by atoms with E-state index < -0.39 is 0 Å². The summed E-state index contributed by atoms with van der Waals surface area (Å²) in [5, 5.41) is 9.26. The molecule has 8 heteroatoms. The quantitative estimate of drug-likeness (QED) is 0.680. The molecule has 0 amide bonds. The Bertz CT molecular complexity index is 912. The summed E-state index contributed by atoms with van der Waals surface area (Å²) >= 11 is 9.70. The van der Waals surface area contributed by atoms with E-state index in [9.17, 15) is 4.79 Å². The standard InChI is InChI=1S/C16H16ClN3O2S2/c17-14-11-5-1-2-6-12(11)24-13(14)9-23-16-19-18-15(21)20(16)8-10-4-3-7-22-10/h1-2,5-6,10H,3-4,7-9H2,(H,18,21)/t10-/m1/s1. The summed E-state index contributed by atoms with van der Waals surface area (Å²) in [6.45, 7) is 1.33. The Morgan fingerprint density at radius 1 is 1.46 bits per heavy atom. The van der Waals surface area contributed by atoms with E-state index in [1.165, 1.54) is 16.5 Å². The molecule has 3 heterocycles. The van der Waals surface area contributed by atoms with Gasteiger partial charge in [0.25, 0.3) is 0 Å². The van der Waals surface area contributed by atoms with Crippen molar-refractivity contribution < 1.29 is 4.74 Å². The molecule has 0 bridgehead atoms. The van der Waals surface area contributed by atoms with Crippen molar-refractivity contribution in [3.63, 3.8) is 0 Å². The van der Waals surface area contributed by atoms with Gasteiger partial charge in [0.1, 0.15) is 0 Å². The highest BCUT2D eigenvalue weighted by Gasteiger charge is 2.20.